The molecule has 3 fully saturated rings. The van der Waals surface area contributed by atoms with Gasteiger partial charge in [-0.15, -0.1) is 0 Å². The van der Waals surface area contributed by atoms with Crippen molar-refractivity contribution in [2.45, 2.75) is 57.2 Å². The van der Waals surface area contributed by atoms with Gasteiger partial charge >= 0.3 is 6.03 Å². The van der Waals surface area contributed by atoms with Crippen LogP contribution in [0.5, 0.6) is 5.75 Å². The number of hydrogen-bond acceptors (Lipinski definition) is 3. The van der Waals surface area contributed by atoms with Gasteiger partial charge in [0.15, 0.2) is 0 Å². The van der Waals surface area contributed by atoms with Crippen molar-refractivity contribution in [1.82, 2.24) is 15.1 Å². The van der Waals surface area contributed by atoms with E-state index >= 15 is 0 Å². The molecule has 5 heteroatoms. The number of carbonyl (C=O) groups excluding carboxylic acids is 1. The van der Waals surface area contributed by atoms with Crippen molar-refractivity contribution in [2.75, 3.05) is 26.7 Å². The van der Waals surface area contributed by atoms with Crippen molar-refractivity contribution in [3.63, 3.8) is 0 Å². The summed E-state index contributed by atoms with van der Waals surface area (Å²) in [6, 6.07) is 9.08. The van der Waals surface area contributed by atoms with Gasteiger partial charge in [-0.25, -0.2) is 4.79 Å². The Morgan fingerprint density at radius 3 is 2.86 bits per heavy atom. The Labute approximate surface area is 174 Å². The summed E-state index contributed by atoms with van der Waals surface area (Å²) in [5.41, 5.74) is 2.65. The first-order valence-electron chi connectivity index (χ1n) is 11.3. The standard InChI is InChI=1S/C24H33N3O2/c1-29-21-9-7-17(8-10-21)15-25-24(28)27-12-4-5-18-13-19-14-20(23(18)27)16-26-11-3-2-6-22(19)26/h7-10,13,19-20,22-23H,2-6,11-12,14-16H2,1H3,(H,25,28)/t19-,20+,22+,23+/m0/s1. The second-order valence-electron chi connectivity index (χ2n) is 9.21. The Hall–Kier alpha value is -2.01. The zero-order valence-electron chi connectivity index (χ0n) is 17.5. The lowest BCUT2D eigenvalue weighted by atomic mass is 9.68. The molecule has 0 aromatic heterocycles. The summed E-state index contributed by atoms with van der Waals surface area (Å²) < 4.78 is 5.22. The minimum Gasteiger partial charge on any atom is -0.497 e. The van der Waals surface area contributed by atoms with E-state index in [9.17, 15) is 4.79 Å². The van der Waals surface area contributed by atoms with Crippen molar-refractivity contribution >= 4 is 6.03 Å². The number of piperidine rings is 3. The molecule has 3 heterocycles. The third-order valence-electron chi connectivity index (χ3n) is 7.52. The maximum atomic E-state index is 13.1. The summed E-state index contributed by atoms with van der Waals surface area (Å²) in [6.07, 6.45) is 10.2. The highest BCUT2D eigenvalue weighted by Gasteiger charge is 2.46. The summed E-state index contributed by atoms with van der Waals surface area (Å²) in [7, 11) is 1.67. The maximum absolute atomic E-state index is 13.1. The number of ether oxygens (including phenoxy) is 1. The SMILES string of the molecule is COc1ccc(CNC(=O)N2CCCC3=C[C@H]4C[C@H](CN5CCCC[C@H]45)[C@@H]32)cc1. The van der Waals surface area contributed by atoms with Gasteiger partial charge in [0.2, 0.25) is 0 Å². The number of rotatable bonds is 3. The average Bonchev–Trinajstić information content (AvgIpc) is 2.77. The maximum Gasteiger partial charge on any atom is 0.318 e. The van der Waals surface area contributed by atoms with Gasteiger partial charge in [0.05, 0.1) is 13.2 Å². The summed E-state index contributed by atoms with van der Waals surface area (Å²) in [5.74, 6) is 2.15. The van der Waals surface area contributed by atoms with Crippen molar-refractivity contribution in [1.29, 1.82) is 0 Å². The van der Waals surface area contributed by atoms with Crippen molar-refractivity contribution in [3.8, 4) is 5.75 Å². The van der Waals surface area contributed by atoms with Crippen LogP contribution in [-0.2, 0) is 6.54 Å². The minimum absolute atomic E-state index is 0.0932. The minimum atomic E-state index is 0.0932. The molecule has 4 aliphatic rings. The first-order chi connectivity index (χ1) is 14.2. The number of fused-ring (bicyclic) bond motifs is 6. The number of urea groups is 1. The van der Waals surface area contributed by atoms with E-state index in [1.54, 1.807) is 12.7 Å². The number of methoxy groups -OCH3 is 1. The van der Waals surface area contributed by atoms with Crippen LogP contribution in [0.15, 0.2) is 35.9 Å². The number of benzene rings is 1. The number of hydrogen-bond donors (Lipinski definition) is 1. The van der Waals surface area contributed by atoms with E-state index in [-0.39, 0.29) is 6.03 Å². The summed E-state index contributed by atoms with van der Waals surface area (Å²) in [5, 5.41) is 3.17. The summed E-state index contributed by atoms with van der Waals surface area (Å²) >= 11 is 0. The van der Waals surface area contributed by atoms with E-state index in [4.69, 9.17) is 4.74 Å². The monoisotopic (exact) mass is 395 g/mol. The molecule has 2 amide bonds. The molecule has 1 N–H and O–H groups in total. The molecule has 5 nitrogen and oxygen atoms in total. The molecular formula is C24H33N3O2. The van der Waals surface area contributed by atoms with Gasteiger partial charge in [-0.05, 0) is 68.2 Å². The van der Waals surface area contributed by atoms with Crippen LogP contribution in [0.2, 0.25) is 0 Å². The predicted octanol–water partition coefficient (Wildman–Crippen LogP) is 3.80. The Balaban J connectivity index is 1.29. The fourth-order valence-corrected chi connectivity index (χ4v) is 6.22. The summed E-state index contributed by atoms with van der Waals surface area (Å²) in [6.45, 7) is 3.86. The van der Waals surface area contributed by atoms with E-state index in [2.05, 4.69) is 21.2 Å². The molecule has 1 aliphatic carbocycles. The zero-order valence-corrected chi connectivity index (χ0v) is 17.5. The number of carbonyl (C=O) groups is 1. The van der Waals surface area contributed by atoms with Gasteiger partial charge < -0.3 is 15.0 Å². The highest BCUT2D eigenvalue weighted by Crippen LogP contribution is 2.44. The molecule has 0 radical (unpaired) electrons. The predicted molar refractivity (Wildman–Crippen MR) is 114 cm³/mol. The zero-order chi connectivity index (χ0) is 19.8. The Morgan fingerprint density at radius 1 is 1.17 bits per heavy atom. The van der Waals surface area contributed by atoms with Gasteiger partial charge in [-0.1, -0.05) is 30.2 Å². The van der Waals surface area contributed by atoms with E-state index in [1.165, 1.54) is 45.2 Å². The lowest BCUT2D eigenvalue weighted by Crippen LogP contribution is -2.61. The molecule has 3 saturated heterocycles. The topological polar surface area (TPSA) is 44.8 Å². The first kappa shape index (κ1) is 19.0. The Morgan fingerprint density at radius 2 is 2.03 bits per heavy atom. The van der Waals surface area contributed by atoms with E-state index < -0.39 is 0 Å². The molecule has 0 saturated carbocycles. The second-order valence-corrected chi connectivity index (χ2v) is 9.21. The quantitative estimate of drug-likeness (QED) is 0.792. The molecule has 4 atom stereocenters. The molecule has 1 aromatic carbocycles. The van der Waals surface area contributed by atoms with Crippen molar-refractivity contribution < 1.29 is 9.53 Å². The molecule has 2 bridgehead atoms. The lowest BCUT2D eigenvalue weighted by Gasteiger charge is -2.54. The molecular weight excluding hydrogens is 362 g/mol. The lowest BCUT2D eigenvalue weighted by molar-refractivity contribution is 0.00788. The van der Waals surface area contributed by atoms with Gasteiger partial charge in [0.25, 0.3) is 0 Å². The van der Waals surface area contributed by atoms with Gasteiger partial charge in [-0.2, -0.15) is 0 Å². The van der Waals surface area contributed by atoms with Gasteiger partial charge in [0, 0.05) is 25.7 Å². The normalized spacial score (nSPS) is 31.3. The van der Waals surface area contributed by atoms with E-state index in [0.29, 0.717) is 24.4 Å². The molecule has 0 unspecified atom stereocenters. The van der Waals surface area contributed by atoms with Crippen LogP contribution in [0.1, 0.15) is 44.1 Å². The molecule has 29 heavy (non-hydrogen) atoms. The number of nitrogens with zero attached hydrogens (tertiary/aromatic N) is 2. The molecule has 156 valence electrons. The number of likely N-dealkylation sites (tertiary alicyclic amines) is 1. The van der Waals surface area contributed by atoms with Crippen LogP contribution in [0, 0.1) is 11.8 Å². The molecule has 5 rings (SSSR count). The third kappa shape index (κ3) is 3.65. The largest absolute Gasteiger partial charge is 0.497 e. The molecule has 0 spiro atoms. The van der Waals surface area contributed by atoms with Gasteiger partial charge in [-0.3, -0.25) is 4.90 Å². The molecule has 1 aromatic rings. The highest BCUT2D eigenvalue weighted by molar-refractivity contribution is 5.75. The van der Waals surface area contributed by atoms with Crippen molar-refractivity contribution in [2.24, 2.45) is 11.8 Å². The molecule has 3 aliphatic heterocycles. The second kappa shape index (κ2) is 8.02. The third-order valence-corrected chi connectivity index (χ3v) is 7.52. The Bertz CT molecular complexity index is 775. The smallest absolute Gasteiger partial charge is 0.318 e. The number of amides is 2. The average molecular weight is 396 g/mol. The number of nitrogens with one attached hydrogen (secondary N) is 1. The van der Waals surface area contributed by atoms with Crippen molar-refractivity contribution in [3.05, 3.63) is 41.5 Å². The van der Waals surface area contributed by atoms with E-state index in [0.717, 1.165) is 30.3 Å². The van der Waals surface area contributed by atoms with Crippen LogP contribution in [-0.4, -0.2) is 54.7 Å². The summed E-state index contributed by atoms with van der Waals surface area (Å²) in [4.78, 5) is 18.0. The van der Waals surface area contributed by atoms with Crippen LogP contribution in [0.4, 0.5) is 4.79 Å². The van der Waals surface area contributed by atoms with E-state index in [1.807, 2.05) is 24.3 Å². The fraction of sp³-hybridized carbons (Fsp3) is 0.625. The first-order valence-corrected chi connectivity index (χ1v) is 11.3. The van der Waals surface area contributed by atoms with Crippen LogP contribution >= 0.6 is 0 Å². The highest BCUT2D eigenvalue weighted by atomic mass is 16.5. The van der Waals surface area contributed by atoms with Crippen LogP contribution < -0.4 is 10.1 Å². The van der Waals surface area contributed by atoms with Crippen LogP contribution in [0.25, 0.3) is 0 Å². The van der Waals surface area contributed by atoms with Crippen LogP contribution in [0.3, 0.4) is 0 Å². The Kier molecular flexibility index (Phi) is 5.25. The fourth-order valence-electron chi connectivity index (χ4n) is 6.22. The van der Waals surface area contributed by atoms with Gasteiger partial charge in [0.1, 0.15) is 5.75 Å².